The largest absolute Gasteiger partial charge is 0.379 e. The summed E-state index contributed by atoms with van der Waals surface area (Å²) in [6.45, 7) is 2.54. The molecule has 0 spiro atoms. The molecule has 2 amide bonds. The van der Waals surface area contributed by atoms with Crippen LogP contribution in [0, 0.1) is 0 Å². The second-order valence-corrected chi connectivity index (χ2v) is 5.10. The van der Waals surface area contributed by atoms with E-state index < -0.39 is 0 Å². The van der Waals surface area contributed by atoms with E-state index in [0.717, 1.165) is 6.29 Å². The van der Waals surface area contributed by atoms with Gasteiger partial charge in [0, 0.05) is 6.42 Å². The van der Waals surface area contributed by atoms with Gasteiger partial charge >= 0.3 is 0 Å². The quantitative estimate of drug-likeness (QED) is 0.321. The molecule has 0 fully saturated rings. The van der Waals surface area contributed by atoms with E-state index in [9.17, 15) is 14.4 Å². The summed E-state index contributed by atoms with van der Waals surface area (Å²) in [6.07, 6.45) is 1.20. The summed E-state index contributed by atoms with van der Waals surface area (Å²) in [5, 5.41) is 0. The smallest absolute Gasteiger partial charge is 0.261 e. The highest BCUT2D eigenvalue weighted by Crippen LogP contribution is 2.21. The van der Waals surface area contributed by atoms with E-state index in [1.807, 2.05) is 0 Å². The Labute approximate surface area is 140 Å². The predicted molar refractivity (Wildman–Crippen MR) is 84.9 cm³/mol. The Kier molecular flexibility index (Phi) is 7.54. The van der Waals surface area contributed by atoms with E-state index in [-0.39, 0.29) is 25.0 Å². The van der Waals surface area contributed by atoms with Crippen LogP contribution in [-0.4, -0.2) is 69.2 Å². The molecule has 0 aliphatic carbocycles. The van der Waals surface area contributed by atoms with Gasteiger partial charge in [-0.3, -0.25) is 14.5 Å². The first kappa shape index (κ1) is 18.3. The number of aldehydes is 1. The molecule has 130 valence electrons. The third kappa shape index (κ3) is 4.95. The van der Waals surface area contributed by atoms with Gasteiger partial charge in [0.15, 0.2) is 0 Å². The summed E-state index contributed by atoms with van der Waals surface area (Å²) in [5.41, 5.74) is 0.890. The lowest BCUT2D eigenvalue weighted by atomic mass is 10.1. The Morgan fingerprint density at radius 3 is 1.83 bits per heavy atom. The monoisotopic (exact) mass is 335 g/mol. The van der Waals surface area contributed by atoms with Crippen LogP contribution in [0.3, 0.4) is 0 Å². The average molecular weight is 335 g/mol. The summed E-state index contributed by atoms with van der Waals surface area (Å²) in [7, 11) is 0. The molecule has 1 aliphatic rings. The van der Waals surface area contributed by atoms with Crippen LogP contribution in [0.15, 0.2) is 24.3 Å². The fourth-order valence-electron chi connectivity index (χ4n) is 2.27. The number of hydrogen-bond donors (Lipinski definition) is 0. The van der Waals surface area contributed by atoms with Crippen LogP contribution in [0.4, 0.5) is 0 Å². The van der Waals surface area contributed by atoms with Gasteiger partial charge in [-0.05, 0) is 12.1 Å². The topological polar surface area (TPSA) is 82.1 Å². The second-order valence-electron chi connectivity index (χ2n) is 5.10. The molecule has 0 radical (unpaired) electrons. The maximum Gasteiger partial charge on any atom is 0.261 e. The van der Waals surface area contributed by atoms with E-state index in [2.05, 4.69) is 0 Å². The van der Waals surface area contributed by atoms with Gasteiger partial charge in [0.05, 0.1) is 57.3 Å². The molecule has 0 N–H and O–H groups in total. The number of imide groups is 1. The lowest BCUT2D eigenvalue weighted by molar-refractivity contribution is -0.108. The zero-order valence-electron chi connectivity index (χ0n) is 13.4. The van der Waals surface area contributed by atoms with Crippen molar-refractivity contribution in [1.29, 1.82) is 0 Å². The molecular formula is C17H21NO6. The molecule has 2 rings (SSSR count). The van der Waals surface area contributed by atoms with E-state index in [1.54, 1.807) is 24.3 Å². The van der Waals surface area contributed by atoms with Crippen molar-refractivity contribution in [1.82, 2.24) is 4.90 Å². The first-order valence-corrected chi connectivity index (χ1v) is 7.88. The molecule has 0 atom stereocenters. The molecule has 1 aromatic carbocycles. The third-order valence-corrected chi connectivity index (χ3v) is 3.46. The Bertz CT molecular complexity index is 539. The minimum atomic E-state index is -0.275. The SMILES string of the molecule is O=CCCOCCOCCOCCN1C(=O)c2ccccc2C1=O. The molecule has 0 unspecified atom stereocenters. The Morgan fingerprint density at radius 2 is 1.29 bits per heavy atom. The number of hydrogen-bond acceptors (Lipinski definition) is 6. The Balaban J connectivity index is 1.54. The fraction of sp³-hybridized carbons (Fsp3) is 0.471. The van der Waals surface area contributed by atoms with Crippen molar-refractivity contribution in [2.45, 2.75) is 6.42 Å². The summed E-state index contributed by atoms with van der Waals surface area (Å²) in [4.78, 5) is 35.5. The zero-order valence-corrected chi connectivity index (χ0v) is 13.4. The van der Waals surface area contributed by atoms with Crippen molar-refractivity contribution >= 4 is 18.1 Å². The van der Waals surface area contributed by atoms with Crippen LogP contribution >= 0.6 is 0 Å². The van der Waals surface area contributed by atoms with Crippen molar-refractivity contribution < 1.29 is 28.6 Å². The molecule has 0 saturated heterocycles. The molecule has 0 aromatic heterocycles. The zero-order chi connectivity index (χ0) is 17.2. The predicted octanol–water partition coefficient (Wildman–Crippen LogP) is 0.921. The van der Waals surface area contributed by atoms with Crippen LogP contribution in [0.5, 0.6) is 0 Å². The van der Waals surface area contributed by atoms with Gasteiger partial charge in [-0.25, -0.2) is 0 Å². The average Bonchev–Trinajstić information content (AvgIpc) is 2.84. The molecule has 7 nitrogen and oxygen atoms in total. The number of carbonyl (C=O) groups excluding carboxylic acids is 3. The van der Waals surface area contributed by atoms with Gasteiger partial charge in [-0.1, -0.05) is 12.1 Å². The first-order chi connectivity index (χ1) is 11.8. The number of carbonyl (C=O) groups is 3. The van der Waals surface area contributed by atoms with Gasteiger partial charge in [0.2, 0.25) is 0 Å². The molecule has 1 heterocycles. The molecular weight excluding hydrogens is 314 g/mol. The van der Waals surface area contributed by atoms with E-state index in [0.29, 0.717) is 50.6 Å². The Morgan fingerprint density at radius 1 is 0.792 bits per heavy atom. The molecule has 1 aromatic rings. The van der Waals surface area contributed by atoms with Crippen LogP contribution < -0.4 is 0 Å². The summed E-state index contributed by atoms with van der Waals surface area (Å²) < 4.78 is 15.8. The number of rotatable bonds is 12. The summed E-state index contributed by atoms with van der Waals surface area (Å²) >= 11 is 0. The third-order valence-electron chi connectivity index (χ3n) is 3.46. The molecule has 7 heteroatoms. The standard InChI is InChI=1S/C17H21NO6/c19-7-3-8-22-10-12-24-13-11-23-9-6-18-16(20)14-4-1-2-5-15(14)17(18)21/h1-2,4-5,7H,3,6,8-13H2. The van der Waals surface area contributed by atoms with Crippen molar-refractivity contribution in [3.63, 3.8) is 0 Å². The lowest BCUT2D eigenvalue weighted by Crippen LogP contribution is -2.33. The number of benzene rings is 1. The second kappa shape index (κ2) is 9.92. The number of fused-ring (bicyclic) bond motifs is 1. The maximum atomic E-state index is 12.1. The highest BCUT2D eigenvalue weighted by Gasteiger charge is 2.34. The van der Waals surface area contributed by atoms with E-state index >= 15 is 0 Å². The minimum absolute atomic E-state index is 0.223. The van der Waals surface area contributed by atoms with Gasteiger partial charge in [-0.15, -0.1) is 0 Å². The van der Waals surface area contributed by atoms with Gasteiger partial charge in [0.1, 0.15) is 6.29 Å². The van der Waals surface area contributed by atoms with Crippen LogP contribution in [0.2, 0.25) is 0 Å². The van der Waals surface area contributed by atoms with Gasteiger partial charge in [0.25, 0.3) is 11.8 Å². The highest BCUT2D eigenvalue weighted by atomic mass is 16.5. The Hall–Kier alpha value is -2.09. The summed E-state index contributed by atoms with van der Waals surface area (Å²) in [5.74, 6) is -0.550. The first-order valence-electron chi connectivity index (χ1n) is 7.88. The fourth-order valence-corrected chi connectivity index (χ4v) is 2.27. The molecule has 1 aliphatic heterocycles. The van der Waals surface area contributed by atoms with Crippen LogP contribution in [-0.2, 0) is 19.0 Å². The molecule has 0 bridgehead atoms. The summed E-state index contributed by atoms with van der Waals surface area (Å²) in [6, 6.07) is 6.79. The maximum absolute atomic E-state index is 12.1. The number of amides is 2. The number of nitrogens with zero attached hydrogens (tertiary/aromatic N) is 1. The molecule has 0 saturated carbocycles. The van der Waals surface area contributed by atoms with Crippen LogP contribution in [0.1, 0.15) is 27.1 Å². The van der Waals surface area contributed by atoms with Gasteiger partial charge < -0.3 is 19.0 Å². The normalized spacial score (nSPS) is 13.4. The highest BCUT2D eigenvalue weighted by molar-refractivity contribution is 6.21. The number of ether oxygens (including phenoxy) is 3. The molecule has 24 heavy (non-hydrogen) atoms. The van der Waals surface area contributed by atoms with Crippen molar-refractivity contribution in [3.8, 4) is 0 Å². The van der Waals surface area contributed by atoms with E-state index in [4.69, 9.17) is 14.2 Å². The van der Waals surface area contributed by atoms with Crippen molar-refractivity contribution in [2.75, 3.05) is 46.2 Å². The van der Waals surface area contributed by atoms with E-state index in [1.165, 1.54) is 4.90 Å². The lowest BCUT2D eigenvalue weighted by Gasteiger charge is -2.13. The minimum Gasteiger partial charge on any atom is -0.379 e. The van der Waals surface area contributed by atoms with Gasteiger partial charge in [-0.2, -0.15) is 0 Å². The van der Waals surface area contributed by atoms with Crippen molar-refractivity contribution in [3.05, 3.63) is 35.4 Å². The van der Waals surface area contributed by atoms with Crippen molar-refractivity contribution in [2.24, 2.45) is 0 Å². The van der Waals surface area contributed by atoms with Crippen LogP contribution in [0.25, 0.3) is 0 Å².